The van der Waals surface area contributed by atoms with Crippen LogP contribution < -0.4 is 10.1 Å². The molecule has 2 aromatic carbocycles. The molecule has 0 saturated carbocycles. The van der Waals surface area contributed by atoms with Crippen LogP contribution in [-0.4, -0.2) is 28.6 Å². The van der Waals surface area contributed by atoms with Gasteiger partial charge in [0.05, 0.1) is 11.0 Å². The second kappa shape index (κ2) is 11.5. The maximum absolute atomic E-state index is 12.2. The second-order valence-electron chi connectivity index (χ2n) is 8.24. The topological polar surface area (TPSA) is 56.2 Å². The van der Waals surface area contributed by atoms with Crippen molar-refractivity contribution in [3.63, 3.8) is 0 Å². The molecule has 0 radical (unpaired) electrons. The summed E-state index contributed by atoms with van der Waals surface area (Å²) in [6.07, 6.45) is 6.64. The number of aryl methyl sites for hydroxylation is 4. The molecule has 1 amide bonds. The zero-order chi connectivity index (χ0) is 22.1. The molecule has 0 fully saturated rings. The Kier molecular flexibility index (Phi) is 8.51. The predicted molar refractivity (Wildman–Crippen MR) is 127 cm³/mol. The Bertz CT molecular complexity index is 993. The number of carbonyl (C=O) groups excluding carboxylic acids is 1. The Morgan fingerprint density at radius 2 is 1.90 bits per heavy atom. The van der Waals surface area contributed by atoms with Gasteiger partial charge in [-0.05, 0) is 56.0 Å². The maximum Gasteiger partial charge on any atom is 0.257 e. The number of para-hydroxylation sites is 2. The fourth-order valence-corrected chi connectivity index (χ4v) is 3.79. The first-order chi connectivity index (χ1) is 15.1. The molecular weight excluding hydrogens is 386 g/mol. The van der Waals surface area contributed by atoms with Gasteiger partial charge in [-0.3, -0.25) is 4.79 Å². The lowest BCUT2D eigenvalue weighted by molar-refractivity contribution is -0.123. The molecule has 5 nitrogen and oxygen atoms in total. The van der Waals surface area contributed by atoms with E-state index in [2.05, 4.69) is 35.0 Å². The fraction of sp³-hybridized carbons (Fsp3) is 0.462. The Morgan fingerprint density at radius 3 is 2.74 bits per heavy atom. The summed E-state index contributed by atoms with van der Waals surface area (Å²) in [5, 5.41) is 2.97. The van der Waals surface area contributed by atoms with Gasteiger partial charge in [0.25, 0.3) is 5.91 Å². The third-order valence-corrected chi connectivity index (χ3v) is 5.57. The summed E-state index contributed by atoms with van der Waals surface area (Å²) in [5.41, 5.74) is 4.42. The van der Waals surface area contributed by atoms with E-state index >= 15 is 0 Å². The molecular formula is C26H35N3O2. The van der Waals surface area contributed by atoms with Crippen LogP contribution in [0.3, 0.4) is 0 Å². The molecule has 0 saturated heterocycles. The molecule has 166 valence electrons. The molecule has 1 aromatic heterocycles. The predicted octanol–water partition coefficient (Wildman–Crippen LogP) is 5.36. The van der Waals surface area contributed by atoms with Gasteiger partial charge in [0.1, 0.15) is 11.6 Å². The summed E-state index contributed by atoms with van der Waals surface area (Å²) < 4.78 is 8.05. The van der Waals surface area contributed by atoms with Gasteiger partial charge in [0.2, 0.25) is 0 Å². The van der Waals surface area contributed by atoms with Crippen molar-refractivity contribution in [2.75, 3.05) is 13.2 Å². The molecule has 1 N–H and O–H groups in total. The van der Waals surface area contributed by atoms with Crippen molar-refractivity contribution in [3.8, 4) is 5.75 Å². The lowest BCUT2D eigenvalue weighted by Gasteiger charge is -2.11. The minimum atomic E-state index is -0.0889. The number of hydrogen-bond acceptors (Lipinski definition) is 3. The quantitative estimate of drug-likeness (QED) is 0.401. The van der Waals surface area contributed by atoms with Crippen molar-refractivity contribution in [2.45, 2.75) is 65.8 Å². The van der Waals surface area contributed by atoms with Crippen LogP contribution in [0.4, 0.5) is 0 Å². The average molecular weight is 422 g/mol. The number of amides is 1. The number of nitrogens with one attached hydrogen (secondary N) is 1. The number of aromatic nitrogens is 2. The third kappa shape index (κ3) is 6.58. The van der Waals surface area contributed by atoms with Gasteiger partial charge in [-0.1, -0.05) is 50.5 Å². The highest BCUT2D eigenvalue weighted by Crippen LogP contribution is 2.19. The molecule has 3 rings (SSSR count). The van der Waals surface area contributed by atoms with Crippen molar-refractivity contribution >= 4 is 16.9 Å². The fourth-order valence-electron chi connectivity index (χ4n) is 3.79. The van der Waals surface area contributed by atoms with Gasteiger partial charge in [0.15, 0.2) is 6.61 Å². The van der Waals surface area contributed by atoms with Crippen molar-refractivity contribution in [1.29, 1.82) is 0 Å². The van der Waals surface area contributed by atoms with Gasteiger partial charge in [-0.15, -0.1) is 0 Å². The normalized spacial score (nSPS) is 11.1. The largest absolute Gasteiger partial charge is 0.483 e. The number of hydrogen-bond donors (Lipinski definition) is 1. The molecule has 0 spiro atoms. The van der Waals surface area contributed by atoms with Gasteiger partial charge in [-0.25, -0.2) is 4.98 Å². The Hall–Kier alpha value is -2.82. The van der Waals surface area contributed by atoms with Crippen LogP contribution in [0.15, 0.2) is 42.5 Å². The van der Waals surface area contributed by atoms with Crippen LogP contribution in [0.2, 0.25) is 0 Å². The van der Waals surface area contributed by atoms with Crippen molar-refractivity contribution in [3.05, 3.63) is 59.4 Å². The number of imidazole rings is 1. The highest BCUT2D eigenvalue weighted by atomic mass is 16.5. The first-order valence-electron chi connectivity index (χ1n) is 11.5. The van der Waals surface area contributed by atoms with Crippen LogP contribution >= 0.6 is 0 Å². The lowest BCUT2D eigenvalue weighted by Crippen LogP contribution is -2.30. The van der Waals surface area contributed by atoms with Gasteiger partial charge in [0, 0.05) is 19.5 Å². The summed E-state index contributed by atoms with van der Waals surface area (Å²) in [6.45, 7) is 7.91. The molecule has 31 heavy (non-hydrogen) atoms. The molecule has 0 aliphatic heterocycles. The third-order valence-electron chi connectivity index (χ3n) is 5.57. The molecule has 1 heterocycles. The molecule has 3 aromatic rings. The Balaban J connectivity index is 1.48. The summed E-state index contributed by atoms with van der Waals surface area (Å²) >= 11 is 0. The van der Waals surface area contributed by atoms with E-state index in [4.69, 9.17) is 9.72 Å². The Morgan fingerprint density at radius 1 is 1.06 bits per heavy atom. The molecule has 0 aliphatic rings. The highest BCUT2D eigenvalue weighted by molar-refractivity contribution is 5.77. The standard InChI is InChI=1S/C26H35N3O2/c1-4-5-6-9-17-29-23-12-8-7-11-22(23)28-25(29)13-10-16-27-26(30)19-31-24-18-20(2)14-15-21(24)3/h7-8,11-12,14-15,18H,4-6,9-10,13,16-17,19H2,1-3H3,(H,27,30). The smallest absolute Gasteiger partial charge is 0.257 e. The van der Waals surface area contributed by atoms with E-state index in [-0.39, 0.29) is 12.5 Å². The first kappa shape index (κ1) is 22.9. The van der Waals surface area contributed by atoms with Crippen molar-refractivity contribution in [1.82, 2.24) is 14.9 Å². The number of rotatable bonds is 12. The number of carbonyl (C=O) groups is 1. The average Bonchev–Trinajstić information content (AvgIpc) is 3.12. The maximum atomic E-state index is 12.2. The molecule has 5 heteroatoms. The summed E-state index contributed by atoms with van der Waals surface area (Å²) in [4.78, 5) is 17.0. The lowest BCUT2D eigenvalue weighted by atomic mass is 10.1. The van der Waals surface area contributed by atoms with Crippen LogP contribution in [0.1, 0.15) is 56.0 Å². The summed E-state index contributed by atoms with van der Waals surface area (Å²) in [6, 6.07) is 14.4. The van der Waals surface area contributed by atoms with E-state index in [1.54, 1.807) is 0 Å². The van der Waals surface area contributed by atoms with Crippen LogP contribution in [-0.2, 0) is 17.8 Å². The van der Waals surface area contributed by atoms with E-state index in [0.29, 0.717) is 6.54 Å². The van der Waals surface area contributed by atoms with Gasteiger partial charge < -0.3 is 14.6 Å². The number of benzene rings is 2. The SMILES string of the molecule is CCCCCCn1c(CCCNC(=O)COc2cc(C)ccc2C)nc2ccccc21. The number of ether oxygens (including phenoxy) is 1. The van der Waals surface area contributed by atoms with Gasteiger partial charge in [-0.2, -0.15) is 0 Å². The highest BCUT2D eigenvalue weighted by Gasteiger charge is 2.11. The van der Waals surface area contributed by atoms with Crippen molar-refractivity contribution in [2.24, 2.45) is 0 Å². The molecule has 0 atom stereocenters. The van der Waals surface area contributed by atoms with E-state index in [1.807, 2.05) is 38.1 Å². The number of nitrogens with zero attached hydrogens (tertiary/aromatic N) is 2. The number of unbranched alkanes of at least 4 members (excludes halogenated alkanes) is 3. The molecule has 0 aliphatic carbocycles. The second-order valence-corrected chi connectivity index (χ2v) is 8.24. The number of fused-ring (bicyclic) bond motifs is 1. The zero-order valence-electron chi connectivity index (χ0n) is 19.1. The Labute approximate surface area is 185 Å². The van der Waals surface area contributed by atoms with Crippen LogP contribution in [0.5, 0.6) is 5.75 Å². The minimum Gasteiger partial charge on any atom is -0.483 e. The molecule has 0 bridgehead atoms. The molecule has 0 unspecified atom stereocenters. The van der Waals surface area contributed by atoms with E-state index in [9.17, 15) is 4.79 Å². The monoisotopic (exact) mass is 421 g/mol. The zero-order valence-corrected chi connectivity index (χ0v) is 19.1. The first-order valence-corrected chi connectivity index (χ1v) is 11.5. The van der Waals surface area contributed by atoms with Crippen LogP contribution in [0, 0.1) is 13.8 Å². The minimum absolute atomic E-state index is 0.0419. The van der Waals surface area contributed by atoms with E-state index in [0.717, 1.165) is 47.6 Å². The van der Waals surface area contributed by atoms with Crippen LogP contribution in [0.25, 0.3) is 11.0 Å². The summed E-state index contributed by atoms with van der Waals surface area (Å²) in [7, 11) is 0. The van der Waals surface area contributed by atoms with Gasteiger partial charge >= 0.3 is 0 Å². The van der Waals surface area contributed by atoms with Crippen molar-refractivity contribution < 1.29 is 9.53 Å². The summed E-state index contributed by atoms with van der Waals surface area (Å²) in [5.74, 6) is 1.79. The van der Waals surface area contributed by atoms with E-state index in [1.165, 1.54) is 31.2 Å². The van der Waals surface area contributed by atoms with E-state index < -0.39 is 0 Å².